The molecular formula is C14H11F2NO2. The number of carbonyl (C=O) groups excluding carboxylic acids is 2. The van der Waals surface area contributed by atoms with Crippen LogP contribution in [0.4, 0.5) is 8.78 Å². The van der Waals surface area contributed by atoms with Crippen molar-refractivity contribution in [2.75, 3.05) is 0 Å². The number of hydrogen-bond acceptors (Lipinski definition) is 2. The minimum Gasteiger partial charge on any atom is -0.366 e. The Hall–Kier alpha value is -2.56. The Bertz CT molecular complexity index is 571. The highest BCUT2D eigenvalue weighted by Crippen LogP contribution is 2.06. The van der Waals surface area contributed by atoms with E-state index in [9.17, 15) is 18.4 Å². The highest BCUT2D eigenvalue weighted by atomic mass is 19.1. The Kier molecular flexibility index (Phi) is 5.35. The van der Waals surface area contributed by atoms with Crippen LogP contribution in [0.15, 0.2) is 48.5 Å². The molecule has 0 radical (unpaired) electrons. The van der Waals surface area contributed by atoms with E-state index in [1.165, 1.54) is 0 Å². The molecule has 0 atom stereocenters. The molecule has 0 aliphatic rings. The molecule has 0 spiro atoms. The van der Waals surface area contributed by atoms with E-state index in [1.54, 1.807) is 24.3 Å². The lowest BCUT2D eigenvalue weighted by molar-refractivity contribution is 0.0999. The van der Waals surface area contributed by atoms with Crippen LogP contribution in [-0.4, -0.2) is 12.2 Å². The molecule has 98 valence electrons. The summed E-state index contributed by atoms with van der Waals surface area (Å²) in [5.74, 6) is -1.88. The van der Waals surface area contributed by atoms with Crippen LogP contribution >= 0.6 is 0 Å². The molecule has 2 aromatic carbocycles. The van der Waals surface area contributed by atoms with E-state index in [-0.39, 0.29) is 11.5 Å². The zero-order valence-electron chi connectivity index (χ0n) is 9.85. The number of nitrogens with two attached hydrogens (primary N) is 1. The lowest BCUT2D eigenvalue weighted by atomic mass is 10.2. The van der Waals surface area contributed by atoms with Crippen LogP contribution < -0.4 is 5.73 Å². The van der Waals surface area contributed by atoms with Gasteiger partial charge in [0.2, 0.25) is 5.91 Å². The van der Waals surface area contributed by atoms with Crippen LogP contribution in [0, 0.1) is 11.6 Å². The van der Waals surface area contributed by atoms with Crippen LogP contribution in [0.3, 0.4) is 0 Å². The van der Waals surface area contributed by atoms with Crippen LogP contribution in [0.2, 0.25) is 0 Å². The lowest BCUT2D eigenvalue weighted by Gasteiger charge is -1.91. The molecule has 0 saturated carbocycles. The average molecular weight is 263 g/mol. The standard InChI is InChI=1S/C7H4F2O.C7H7NO/c8-6-2-1-5(4-10)7(9)3-6;8-7(9)6-4-2-1-3-5-6/h1-4H;1-5H,(H2,8,9). The van der Waals surface area contributed by atoms with Gasteiger partial charge in [0.15, 0.2) is 6.29 Å². The zero-order valence-corrected chi connectivity index (χ0v) is 9.85. The van der Waals surface area contributed by atoms with Gasteiger partial charge in [-0.1, -0.05) is 18.2 Å². The van der Waals surface area contributed by atoms with Crippen molar-refractivity contribution < 1.29 is 18.4 Å². The summed E-state index contributed by atoms with van der Waals surface area (Å²) in [5, 5.41) is 0. The van der Waals surface area contributed by atoms with Gasteiger partial charge in [0.1, 0.15) is 11.6 Å². The van der Waals surface area contributed by atoms with Gasteiger partial charge in [0.25, 0.3) is 0 Å². The first-order valence-corrected chi connectivity index (χ1v) is 5.29. The van der Waals surface area contributed by atoms with Crippen LogP contribution in [-0.2, 0) is 0 Å². The van der Waals surface area contributed by atoms with Crippen molar-refractivity contribution in [2.45, 2.75) is 0 Å². The van der Waals surface area contributed by atoms with E-state index in [1.807, 2.05) is 6.07 Å². The summed E-state index contributed by atoms with van der Waals surface area (Å²) in [7, 11) is 0. The molecule has 0 aliphatic heterocycles. The van der Waals surface area contributed by atoms with Gasteiger partial charge in [-0.25, -0.2) is 8.78 Å². The normalized spacial score (nSPS) is 9.16. The number of hydrogen-bond donors (Lipinski definition) is 1. The zero-order chi connectivity index (χ0) is 14.3. The summed E-state index contributed by atoms with van der Waals surface area (Å²) in [5.41, 5.74) is 5.40. The van der Waals surface area contributed by atoms with Gasteiger partial charge < -0.3 is 5.73 Å². The van der Waals surface area contributed by atoms with Crippen molar-refractivity contribution in [3.63, 3.8) is 0 Å². The number of primary amides is 1. The molecule has 0 heterocycles. The van der Waals surface area contributed by atoms with Crippen LogP contribution in [0.5, 0.6) is 0 Å². The molecule has 19 heavy (non-hydrogen) atoms. The average Bonchev–Trinajstić information content (AvgIpc) is 2.40. The summed E-state index contributed by atoms with van der Waals surface area (Å²) in [4.78, 5) is 20.4. The van der Waals surface area contributed by atoms with Crippen molar-refractivity contribution in [3.05, 3.63) is 71.3 Å². The van der Waals surface area contributed by atoms with Crippen molar-refractivity contribution in [2.24, 2.45) is 5.73 Å². The molecule has 0 aliphatic carbocycles. The van der Waals surface area contributed by atoms with E-state index < -0.39 is 11.6 Å². The summed E-state index contributed by atoms with van der Waals surface area (Å²) < 4.78 is 24.5. The van der Waals surface area contributed by atoms with Gasteiger partial charge in [-0.05, 0) is 24.3 Å². The highest BCUT2D eigenvalue weighted by Gasteiger charge is 2.00. The quantitative estimate of drug-likeness (QED) is 0.846. The Morgan fingerprint density at radius 1 is 1.05 bits per heavy atom. The maximum atomic E-state index is 12.4. The fraction of sp³-hybridized carbons (Fsp3) is 0. The SMILES string of the molecule is NC(=O)c1ccccc1.O=Cc1ccc(F)cc1F. The third-order valence-electron chi connectivity index (χ3n) is 2.15. The van der Waals surface area contributed by atoms with E-state index in [0.717, 1.165) is 12.1 Å². The van der Waals surface area contributed by atoms with Gasteiger partial charge in [-0.15, -0.1) is 0 Å². The van der Waals surface area contributed by atoms with Crippen molar-refractivity contribution in [3.8, 4) is 0 Å². The van der Waals surface area contributed by atoms with E-state index in [0.29, 0.717) is 17.9 Å². The summed E-state index contributed by atoms with van der Waals surface area (Å²) in [6, 6.07) is 11.6. The number of rotatable bonds is 2. The van der Waals surface area contributed by atoms with Crippen molar-refractivity contribution in [1.29, 1.82) is 0 Å². The van der Waals surface area contributed by atoms with Crippen molar-refractivity contribution >= 4 is 12.2 Å². The second kappa shape index (κ2) is 7.00. The second-order valence-corrected chi connectivity index (χ2v) is 3.51. The van der Waals surface area contributed by atoms with E-state index in [2.05, 4.69) is 0 Å². The van der Waals surface area contributed by atoms with Gasteiger partial charge in [0, 0.05) is 11.6 Å². The highest BCUT2D eigenvalue weighted by molar-refractivity contribution is 5.92. The summed E-state index contributed by atoms with van der Waals surface area (Å²) in [6.07, 6.45) is 0.342. The van der Waals surface area contributed by atoms with Gasteiger partial charge >= 0.3 is 0 Å². The lowest BCUT2D eigenvalue weighted by Crippen LogP contribution is -2.09. The maximum absolute atomic E-state index is 12.4. The minimum atomic E-state index is -0.824. The molecule has 0 fully saturated rings. The third kappa shape index (κ3) is 4.67. The number of benzene rings is 2. The van der Waals surface area contributed by atoms with Crippen molar-refractivity contribution in [1.82, 2.24) is 0 Å². The third-order valence-corrected chi connectivity index (χ3v) is 2.15. The Balaban J connectivity index is 0.000000191. The van der Waals surface area contributed by atoms with Crippen LogP contribution in [0.1, 0.15) is 20.7 Å². The number of carbonyl (C=O) groups is 2. The first-order valence-electron chi connectivity index (χ1n) is 5.29. The molecule has 2 rings (SSSR count). The first kappa shape index (κ1) is 14.5. The van der Waals surface area contributed by atoms with Gasteiger partial charge in [-0.2, -0.15) is 0 Å². The maximum Gasteiger partial charge on any atom is 0.248 e. The summed E-state index contributed by atoms with van der Waals surface area (Å²) in [6.45, 7) is 0. The largest absolute Gasteiger partial charge is 0.366 e. The Morgan fingerprint density at radius 2 is 1.68 bits per heavy atom. The topological polar surface area (TPSA) is 60.2 Å². The second-order valence-electron chi connectivity index (χ2n) is 3.51. The molecule has 0 unspecified atom stereocenters. The molecule has 0 bridgehead atoms. The predicted molar refractivity (Wildman–Crippen MR) is 66.7 cm³/mol. The molecule has 1 amide bonds. The van der Waals surface area contributed by atoms with E-state index >= 15 is 0 Å². The van der Waals surface area contributed by atoms with Gasteiger partial charge in [0.05, 0.1) is 5.56 Å². The first-order chi connectivity index (χ1) is 9.04. The predicted octanol–water partition coefficient (Wildman–Crippen LogP) is 2.56. The fourth-order valence-electron chi connectivity index (χ4n) is 1.20. The smallest absolute Gasteiger partial charge is 0.248 e. The number of halogens is 2. The molecule has 3 nitrogen and oxygen atoms in total. The number of amides is 1. The molecular weight excluding hydrogens is 252 g/mol. The number of aldehydes is 1. The molecule has 2 N–H and O–H groups in total. The van der Waals surface area contributed by atoms with Gasteiger partial charge in [-0.3, -0.25) is 9.59 Å². The van der Waals surface area contributed by atoms with E-state index in [4.69, 9.17) is 5.73 Å². The minimum absolute atomic E-state index is 0.124. The Morgan fingerprint density at radius 3 is 2.11 bits per heavy atom. The molecule has 0 aromatic heterocycles. The molecule has 5 heteroatoms. The fourth-order valence-corrected chi connectivity index (χ4v) is 1.20. The Labute approximate surface area is 108 Å². The monoisotopic (exact) mass is 263 g/mol. The summed E-state index contributed by atoms with van der Waals surface area (Å²) >= 11 is 0. The molecule has 0 saturated heterocycles. The van der Waals surface area contributed by atoms with Crippen LogP contribution in [0.25, 0.3) is 0 Å². The molecule has 2 aromatic rings.